The first kappa shape index (κ1) is 30.0. The Bertz CT molecular complexity index is 467. The molecule has 0 saturated heterocycles. The number of unbranched alkanes of at least 4 members (excludes halogenated alkanes) is 12. The molecule has 0 bridgehead atoms. The largest absolute Gasteiger partial charge is 0.481 e. The molecular weight excluding hydrogens is 412 g/mol. The summed E-state index contributed by atoms with van der Waals surface area (Å²) < 4.78 is 0. The van der Waals surface area contributed by atoms with Gasteiger partial charge in [-0.05, 0) is 31.4 Å². The third-order valence-electron chi connectivity index (χ3n) is 5.43. The summed E-state index contributed by atoms with van der Waals surface area (Å²) >= 11 is 1.52. The van der Waals surface area contributed by atoms with Crippen molar-refractivity contribution in [1.29, 1.82) is 0 Å². The van der Waals surface area contributed by atoms with E-state index < -0.39 is 18.0 Å². The second-order valence-corrected chi connectivity index (χ2v) is 9.72. The van der Waals surface area contributed by atoms with Crippen LogP contribution in [0.25, 0.3) is 0 Å². The van der Waals surface area contributed by atoms with Gasteiger partial charge in [0.1, 0.15) is 0 Å². The number of carbonyl (C=O) groups is 2. The summed E-state index contributed by atoms with van der Waals surface area (Å²) in [5.74, 6) is -1.08. The lowest BCUT2D eigenvalue weighted by atomic mass is 10.0. The number of carboxylic acid groups (broad SMARTS) is 2. The molecule has 0 fully saturated rings. The number of aliphatic carboxylic acids is 2. The zero-order valence-electron chi connectivity index (χ0n) is 19.6. The van der Waals surface area contributed by atoms with Gasteiger partial charge in [-0.1, -0.05) is 89.7 Å². The summed E-state index contributed by atoms with van der Waals surface area (Å²) in [6.45, 7) is 2.25. The Morgan fingerprint density at radius 1 is 0.774 bits per heavy atom. The normalized spacial score (nSPS) is 13.5. The van der Waals surface area contributed by atoms with Crippen molar-refractivity contribution in [2.45, 2.75) is 127 Å². The van der Waals surface area contributed by atoms with E-state index in [1.165, 1.54) is 82.4 Å². The first-order chi connectivity index (χ1) is 15.0. The molecule has 0 aromatic carbocycles. The van der Waals surface area contributed by atoms with Gasteiger partial charge in [-0.3, -0.25) is 9.59 Å². The van der Waals surface area contributed by atoms with Crippen molar-refractivity contribution in [3.05, 3.63) is 12.2 Å². The zero-order chi connectivity index (χ0) is 23.2. The molecule has 0 aliphatic heterocycles. The van der Waals surface area contributed by atoms with Gasteiger partial charge in [0, 0.05) is 18.1 Å². The number of thioether (sulfide) groups is 1. The minimum absolute atomic E-state index is 0.0556. The minimum atomic E-state index is -0.908. The third-order valence-corrected chi connectivity index (χ3v) is 6.81. The van der Waals surface area contributed by atoms with E-state index in [2.05, 4.69) is 13.0 Å². The molecule has 0 rings (SSSR count). The van der Waals surface area contributed by atoms with Gasteiger partial charge < -0.3 is 15.3 Å². The quantitative estimate of drug-likeness (QED) is 0.115. The molecule has 3 N–H and O–H groups in total. The molecule has 2 atom stereocenters. The van der Waals surface area contributed by atoms with Crippen molar-refractivity contribution in [3.63, 3.8) is 0 Å². The van der Waals surface area contributed by atoms with Crippen LogP contribution >= 0.6 is 11.8 Å². The fourth-order valence-electron chi connectivity index (χ4n) is 3.51. The highest BCUT2D eigenvalue weighted by Crippen LogP contribution is 2.22. The van der Waals surface area contributed by atoms with Crippen LogP contribution in [0.1, 0.15) is 116 Å². The maximum absolute atomic E-state index is 10.8. The topological polar surface area (TPSA) is 94.8 Å². The first-order valence-corrected chi connectivity index (χ1v) is 13.4. The molecule has 31 heavy (non-hydrogen) atoms. The maximum Gasteiger partial charge on any atom is 0.303 e. The summed E-state index contributed by atoms with van der Waals surface area (Å²) in [6.07, 6.45) is 21.0. The Morgan fingerprint density at radius 2 is 1.29 bits per heavy atom. The Hall–Kier alpha value is -1.01. The molecule has 0 radical (unpaired) electrons. The second-order valence-electron chi connectivity index (χ2n) is 8.44. The molecule has 182 valence electrons. The Morgan fingerprint density at radius 3 is 1.81 bits per heavy atom. The van der Waals surface area contributed by atoms with Crippen LogP contribution in [0.3, 0.4) is 0 Å². The Balaban J connectivity index is 3.90. The van der Waals surface area contributed by atoms with Crippen LogP contribution in [-0.4, -0.2) is 44.4 Å². The third kappa shape index (κ3) is 22.0. The lowest BCUT2D eigenvalue weighted by Gasteiger charge is -2.19. The number of hydrogen-bond acceptors (Lipinski definition) is 4. The van der Waals surface area contributed by atoms with Gasteiger partial charge in [-0.25, -0.2) is 0 Å². The molecule has 0 aliphatic carbocycles. The van der Waals surface area contributed by atoms with E-state index in [0.717, 1.165) is 12.8 Å². The average molecular weight is 459 g/mol. The first-order valence-electron chi connectivity index (χ1n) is 12.4. The van der Waals surface area contributed by atoms with E-state index in [4.69, 9.17) is 10.2 Å². The number of hydrogen-bond donors (Lipinski definition) is 3. The van der Waals surface area contributed by atoms with E-state index >= 15 is 0 Å². The number of aliphatic hydroxyl groups is 1. The van der Waals surface area contributed by atoms with E-state index in [-0.39, 0.29) is 24.5 Å². The van der Waals surface area contributed by atoms with Gasteiger partial charge in [0.05, 0.1) is 6.10 Å². The van der Waals surface area contributed by atoms with Gasteiger partial charge in [0.2, 0.25) is 0 Å². The van der Waals surface area contributed by atoms with Gasteiger partial charge in [-0.2, -0.15) is 11.8 Å². The zero-order valence-corrected chi connectivity index (χ0v) is 20.4. The van der Waals surface area contributed by atoms with Crippen molar-refractivity contribution in [2.75, 3.05) is 5.75 Å². The number of aliphatic hydroxyl groups excluding tert-OH is 1. The summed E-state index contributed by atoms with van der Waals surface area (Å²) in [5.41, 5.74) is 0. The van der Waals surface area contributed by atoms with Crippen LogP contribution in [0, 0.1) is 0 Å². The number of allylic oxidation sites excluding steroid dienone is 1. The van der Waals surface area contributed by atoms with Crippen molar-refractivity contribution in [2.24, 2.45) is 0 Å². The molecule has 0 heterocycles. The van der Waals surface area contributed by atoms with E-state index in [9.17, 15) is 14.7 Å². The van der Waals surface area contributed by atoms with Gasteiger partial charge in [-0.15, -0.1) is 0 Å². The molecular formula is C25H46O5S. The lowest BCUT2D eigenvalue weighted by Crippen LogP contribution is -2.22. The Labute approximate surface area is 194 Å². The van der Waals surface area contributed by atoms with E-state index in [1.807, 2.05) is 6.08 Å². The highest BCUT2D eigenvalue weighted by Gasteiger charge is 2.18. The average Bonchev–Trinajstić information content (AvgIpc) is 2.73. The molecule has 0 spiro atoms. The van der Waals surface area contributed by atoms with E-state index in [0.29, 0.717) is 12.2 Å². The van der Waals surface area contributed by atoms with Gasteiger partial charge in [0.25, 0.3) is 0 Å². The van der Waals surface area contributed by atoms with Crippen LogP contribution in [0.4, 0.5) is 0 Å². The van der Waals surface area contributed by atoms with Crippen LogP contribution in [-0.2, 0) is 9.59 Å². The van der Waals surface area contributed by atoms with Crippen molar-refractivity contribution in [1.82, 2.24) is 0 Å². The van der Waals surface area contributed by atoms with Crippen molar-refractivity contribution >= 4 is 23.7 Å². The van der Waals surface area contributed by atoms with Crippen LogP contribution in [0.2, 0.25) is 0 Å². The molecule has 5 nitrogen and oxygen atoms in total. The summed E-state index contributed by atoms with van der Waals surface area (Å²) in [7, 11) is 0. The van der Waals surface area contributed by atoms with Crippen molar-refractivity contribution < 1.29 is 24.9 Å². The Kier molecular flexibility index (Phi) is 21.5. The molecule has 0 saturated carbocycles. The van der Waals surface area contributed by atoms with Gasteiger partial charge >= 0.3 is 11.9 Å². The lowest BCUT2D eigenvalue weighted by molar-refractivity contribution is -0.138. The van der Waals surface area contributed by atoms with Gasteiger partial charge in [0.15, 0.2) is 0 Å². The predicted octanol–water partition coefficient (Wildman–Crippen LogP) is 6.83. The molecule has 6 heteroatoms. The summed E-state index contributed by atoms with van der Waals surface area (Å²) in [6, 6.07) is 0. The highest BCUT2D eigenvalue weighted by molar-refractivity contribution is 8.00. The molecule has 0 aromatic heterocycles. The maximum atomic E-state index is 10.8. The monoisotopic (exact) mass is 458 g/mol. The van der Waals surface area contributed by atoms with E-state index in [1.54, 1.807) is 0 Å². The molecule has 0 aliphatic rings. The molecule has 2 unspecified atom stereocenters. The minimum Gasteiger partial charge on any atom is -0.481 e. The van der Waals surface area contributed by atoms with Crippen LogP contribution in [0.5, 0.6) is 0 Å². The fraction of sp³-hybridized carbons (Fsp3) is 0.840. The van der Waals surface area contributed by atoms with Crippen LogP contribution in [0.15, 0.2) is 12.2 Å². The van der Waals surface area contributed by atoms with Crippen LogP contribution < -0.4 is 0 Å². The van der Waals surface area contributed by atoms with Crippen molar-refractivity contribution in [3.8, 4) is 0 Å². The second kappa shape index (κ2) is 22.2. The SMILES string of the molecule is CCCCCCCCCCCCCCC=CC(SCCCC(=O)O)C(O)CCC(=O)O. The molecule has 0 amide bonds. The number of carboxylic acids is 2. The standard InChI is InChI=1S/C25H46O5S/c1-2-3-4-5-6-7-8-9-10-11-12-13-14-15-17-23(22(26)19-20-25(29)30)31-21-16-18-24(27)28/h15,17,22-23,26H,2-14,16,18-21H2,1H3,(H,27,28)(H,29,30). The predicted molar refractivity (Wildman–Crippen MR) is 131 cm³/mol. The highest BCUT2D eigenvalue weighted by atomic mass is 32.2. The fourth-order valence-corrected chi connectivity index (χ4v) is 4.67. The summed E-state index contributed by atoms with van der Waals surface area (Å²) in [4.78, 5) is 21.4. The summed E-state index contributed by atoms with van der Waals surface area (Å²) in [5, 5.41) is 27.7. The molecule has 0 aromatic rings. The number of rotatable bonds is 23. The smallest absolute Gasteiger partial charge is 0.303 e.